The second-order valence-electron chi connectivity index (χ2n) is 5.12. The van der Waals surface area contributed by atoms with Crippen LogP contribution in [0.15, 0.2) is 18.7 Å². The zero-order valence-electron chi connectivity index (χ0n) is 11.8. The van der Waals surface area contributed by atoms with E-state index in [0.29, 0.717) is 0 Å². The van der Waals surface area contributed by atoms with E-state index >= 15 is 0 Å². The van der Waals surface area contributed by atoms with Gasteiger partial charge in [0.15, 0.2) is 0 Å². The summed E-state index contributed by atoms with van der Waals surface area (Å²) in [6, 6.07) is 4.55. The second kappa shape index (κ2) is 6.64. The molecule has 0 amide bonds. The summed E-state index contributed by atoms with van der Waals surface area (Å²) in [6.45, 7) is 12.6. The minimum Gasteiger partial charge on any atom is -0.0985 e. The van der Waals surface area contributed by atoms with Crippen LogP contribution in [0.1, 0.15) is 67.7 Å². The van der Waals surface area contributed by atoms with Gasteiger partial charge in [0.05, 0.1) is 0 Å². The fourth-order valence-electron chi connectivity index (χ4n) is 2.44. The maximum atomic E-state index is 3.91. The molecule has 0 aromatic heterocycles. The molecule has 0 aliphatic heterocycles. The molecule has 0 radical (unpaired) electrons. The van der Waals surface area contributed by atoms with Gasteiger partial charge in [-0.25, -0.2) is 0 Å². The molecule has 1 aromatic carbocycles. The van der Waals surface area contributed by atoms with Gasteiger partial charge in [-0.15, -0.1) is 0 Å². The molecule has 1 aliphatic rings. The van der Waals surface area contributed by atoms with E-state index < -0.39 is 0 Å². The fraction of sp³-hybridized carbons (Fsp3) is 0.529. The Kier molecular flexibility index (Phi) is 5.47. The minimum absolute atomic E-state index is 0.809. The van der Waals surface area contributed by atoms with Crippen LogP contribution in [0, 0.1) is 13.8 Å². The average Bonchev–Trinajstić information content (AvgIpc) is 2.20. The molecule has 0 atom stereocenters. The Morgan fingerprint density at radius 2 is 1.82 bits per heavy atom. The summed E-state index contributed by atoms with van der Waals surface area (Å²) in [5.41, 5.74) is 5.70. The Morgan fingerprint density at radius 3 is 2.24 bits per heavy atom. The standard InChI is InChI=1S/C14H18.C3H8/c1-4-12-9-10(2)8-11(3)14(12)13-6-5-7-13;1-3-2/h4,8-9,13H,1,5-7H2,2-3H3;3H2,1-2H3. The SMILES string of the molecule is C=Cc1cc(C)cc(C)c1C1CCC1.CCC. The summed E-state index contributed by atoms with van der Waals surface area (Å²) >= 11 is 0. The Hall–Kier alpha value is -1.04. The van der Waals surface area contributed by atoms with Gasteiger partial charge >= 0.3 is 0 Å². The van der Waals surface area contributed by atoms with Crippen LogP contribution in [0.25, 0.3) is 6.08 Å². The van der Waals surface area contributed by atoms with Gasteiger partial charge in [0.1, 0.15) is 0 Å². The highest BCUT2D eigenvalue weighted by atomic mass is 14.3. The predicted octanol–water partition coefficient (Wildman–Crippen LogP) is 5.63. The molecule has 0 saturated heterocycles. The van der Waals surface area contributed by atoms with Gasteiger partial charge in [-0.3, -0.25) is 0 Å². The number of benzene rings is 1. The molecule has 1 aliphatic carbocycles. The second-order valence-corrected chi connectivity index (χ2v) is 5.12. The van der Waals surface area contributed by atoms with Gasteiger partial charge in [-0.05, 0) is 49.3 Å². The van der Waals surface area contributed by atoms with Crippen LogP contribution in [0.5, 0.6) is 0 Å². The van der Waals surface area contributed by atoms with Crippen molar-refractivity contribution in [2.45, 2.75) is 59.3 Å². The van der Waals surface area contributed by atoms with E-state index in [2.05, 4.69) is 46.4 Å². The molecule has 1 saturated carbocycles. The summed E-state index contributed by atoms with van der Waals surface area (Å²) in [7, 11) is 0. The molecule has 0 heterocycles. The largest absolute Gasteiger partial charge is 0.0985 e. The lowest BCUT2D eigenvalue weighted by Gasteiger charge is -2.29. The summed E-state index contributed by atoms with van der Waals surface area (Å²) in [6.07, 6.45) is 7.39. The van der Waals surface area contributed by atoms with Crippen LogP contribution in [0.3, 0.4) is 0 Å². The number of hydrogen-bond donors (Lipinski definition) is 0. The topological polar surface area (TPSA) is 0 Å². The Bertz CT molecular complexity index is 370. The highest BCUT2D eigenvalue weighted by Gasteiger charge is 2.22. The minimum atomic E-state index is 0.809. The van der Waals surface area contributed by atoms with Crippen molar-refractivity contribution in [3.05, 3.63) is 41.0 Å². The molecule has 1 aromatic rings. The van der Waals surface area contributed by atoms with Crippen molar-refractivity contribution in [3.63, 3.8) is 0 Å². The number of aryl methyl sites for hydroxylation is 2. The lowest BCUT2D eigenvalue weighted by atomic mass is 9.76. The summed E-state index contributed by atoms with van der Waals surface area (Å²) in [4.78, 5) is 0. The van der Waals surface area contributed by atoms with Crippen LogP contribution in [-0.4, -0.2) is 0 Å². The average molecular weight is 230 g/mol. The van der Waals surface area contributed by atoms with Crippen LogP contribution < -0.4 is 0 Å². The van der Waals surface area contributed by atoms with Crippen molar-refractivity contribution < 1.29 is 0 Å². The molecule has 0 heteroatoms. The van der Waals surface area contributed by atoms with Crippen molar-refractivity contribution in [3.8, 4) is 0 Å². The van der Waals surface area contributed by atoms with Crippen molar-refractivity contribution in [2.24, 2.45) is 0 Å². The van der Waals surface area contributed by atoms with Crippen LogP contribution in [-0.2, 0) is 0 Å². The van der Waals surface area contributed by atoms with E-state index in [1.54, 1.807) is 5.56 Å². The lowest BCUT2D eigenvalue weighted by molar-refractivity contribution is 0.418. The molecule has 17 heavy (non-hydrogen) atoms. The number of rotatable bonds is 2. The normalized spacial score (nSPS) is 14.6. The van der Waals surface area contributed by atoms with Gasteiger partial charge in [0, 0.05) is 0 Å². The van der Waals surface area contributed by atoms with Crippen LogP contribution in [0.2, 0.25) is 0 Å². The zero-order valence-corrected chi connectivity index (χ0v) is 11.8. The molecule has 94 valence electrons. The van der Waals surface area contributed by atoms with Crippen LogP contribution >= 0.6 is 0 Å². The molecular weight excluding hydrogens is 204 g/mol. The smallest absolute Gasteiger partial charge is 0.0153 e. The van der Waals surface area contributed by atoms with Gasteiger partial charge < -0.3 is 0 Å². The van der Waals surface area contributed by atoms with E-state index in [0.717, 1.165) is 5.92 Å². The first kappa shape index (κ1) is 14.0. The van der Waals surface area contributed by atoms with E-state index in [9.17, 15) is 0 Å². The van der Waals surface area contributed by atoms with Crippen LogP contribution in [0.4, 0.5) is 0 Å². The van der Waals surface area contributed by atoms with Crippen molar-refractivity contribution in [1.29, 1.82) is 0 Å². The summed E-state index contributed by atoms with van der Waals surface area (Å²) < 4.78 is 0. The summed E-state index contributed by atoms with van der Waals surface area (Å²) in [5.74, 6) is 0.809. The van der Waals surface area contributed by atoms with Gasteiger partial charge in [0.25, 0.3) is 0 Å². The van der Waals surface area contributed by atoms with Gasteiger partial charge in [0.2, 0.25) is 0 Å². The first-order valence-corrected chi connectivity index (χ1v) is 6.87. The molecular formula is C17H26. The third-order valence-corrected chi connectivity index (χ3v) is 3.30. The lowest BCUT2D eigenvalue weighted by Crippen LogP contribution is -2.12. The van der Waals surface area contributed by atoms with E-state index in [-0.39, 0.29) is 0 Å². The number of hydrogen-bond acceptors (Lipinski definition) is 0. The molecule has 0 N–H and O–H groups in total. The molecule has 1 fully saturated rings. The molecule has 2 rings (SSSR count). The maximum absolute atomic E-state index is 3.91. The van der Waals surface area contributed by atoms with Crippen molar-refractivity contribution in [2.75, 3.05) is 0 Å². The predicted molar refractivity (Wildman–Crippen MR) is 78.6 cm³/mol. The van der Waals surface area contributed by atoms with E-state index in [1.807, 2.05) is 6.08 Å². The zero-order chi connectivity index (χ0) is 12.8. The molecule has 0 unspecified atom stereocenters. The summed E-state index contributed by atoms with van der Waals surface area (Å²) in [5, 5.41) is 0. The Labute approximate surface area is 107 Å². The van der Waals surface area contributed by atoms with Crippen molar-refractivity contribution >= 4 is 6.08 Å². The quantitative estimate of drug-likeness (QED) is 0.617. The third-order valence-electron chi connectivity index (χ3n) is 3.30. The fourth-order valence-corrected chi connectivity index (χ4v) is 2.44. The van der Waals surface area contributed by atoms with E-state index in [1.165, 1.54) is 42.4 Å². The maximum Gasteiger partial charge on any atom is -0.0153 e. The highest BCUT2D eigenvalue weighted by Crippen LogP contribution is 2.40. The van der Waals surface area contributed by atoms with E-state index in [4.69, 9.17) is 0 Å². The Balaban J connectivity index is 0.000000437. The van der Waals surface area contributed by atoms with Gasteiger partial charge in [-0.1, -0.05) is 57.0 Å². The third kappa shape index (κ3) is 3.46. The first-order chi connectivity index (χ1) is 8.13. The molecule has 0 bridgehead atoms. The molecule has 0 nitrogen and oxygen atoms in total. The first-order valence-electron chi connectivity index (χ1n) is 6.87. The highest BCUT2D eigenvalue weighted by molar-refractivity contribution is 5.57. The monoisotopic (exact) mass is 230 g/mol. The molecule has 0 spiro atoms. The van der Waals surface area contributed by atoms with Crippen molar-refractivity contribution in [1.82, 2.24) is 0 Å². The van der Waals surface area contributed by atoms with Gasteiger partial charge in [-0.2, -0.15) is 0 Å². The Morgan fingerprint density at radius 1 is 1.24 bits per heavy atom.